The summed E-state index contributed by atoms with van der Waals surface area (Å²) in [5.41, 5.74) is 1.30. The molecule has 0 aliphatic carbocycles. The number of aryl methyl sites for hydroxylation is 2. The molecule has 7 heteroatoms. The second kappa shape index (κ2) is 9.87. The first-order chi connectivity index (χ1) is 12.9. The zero-order chi connectivity index (χ0) is 19.8. The molecule has 27 heavy (non-hydrogen) atoms. The number of nitrogens with zero attached hydrogens (tertiary/aromatic N) is 1. The Morgan fingerprint density at radius 2 is 1.89 bits per heavy atom. The summed E-state index contributed by atoms with van der Waals surface area (Å²) >= 11 is 0. The van der Waals surface area contributed by atoms with Crippen molar-refractivity contribution < 1.29 is 23.1 Å². The van der Waals surface area contributed by atoms with Crippen LogP contribution in [0.25, 0.3) is 0 Å². The highest BCUT2D eigenvalue weighted by molar-refractivity contribution is 5.95. The van der Waals surface area contributed by atoms with Crippen LogP contribution in [0, 0.1) is 19.7 Å². The Labute approximate surface area is 158 Å². The lowest BCUT2D eigenvalue weighted by Crippen LogP contribution is -2.37. The molecule has 0 saturated heterocycles. The van der Waals surface area contributed by atoms with Crippen molar-refractivity contribution in [3.8, 4) is 0 Å². The van der Waals surface area contributed by atoms with E-state index in [1.807, 2.05) is 0 Å². The molecule has 0 aliphatic heterocycles. The maximum atomic E-state index is 12.9. The number of furan rings is 1. The van der Waals surface area contributed by atoms with Crippen molar-refractivity contribution in [2.24, 2.45) is 0 Å². The standard InChI is InChI=1S/C20H25FN2O4/c1-14-12-18(15(2)27-14)20(25)23(10-11-26-3)9-8-19(24)22-13-16-4-6-17(21)7-5-16/h4-7,12H,8-11,13H2,1-3H3,(H,22,24). The van der Waals surface area contributed by atoms with Crippen LogP contribution in [0.4, 0.5) is 4.39 Å². The van der Waals surface area contributed by atoms with Gasteiger partial charge in [0.1, 0.15) is 17.3 Å². The van der Waals surface area contributed by atoms with Crippen LogP contribution in [0.3, 0.4) is 0 Å². The second-order valence-corrected chi connectivity index (χ2v) is 6.27. The van der Waals surface area contributed by atoms with Crippen LogP contribution in [0.1, 0.15) is 33.9 Å². The molecule has 0 saturated carbocycles. The van der Waals surface area contributed by atoms with Crippen LogP contribution in [-0.2, 0) is 16.1 Å². The predicted molar refractivity (Wildman–Crippen MR) is 98.8 cm³/mol. The van der Waals surface area contributed by atoms with Gasteiger partial charge >= 0.3 is 0 Å². The zero-order valence-electron chi connectivity index (χ0n) is 15.9. The molecule has 0 bridgehead atoms. The third kappa shape index (κ3) is 6.21. The molecule has 1 aromatic heterocycles. The lowest BCUT2D eigenvalue weighted by Gasteiger charge is -2.22. The summed E-state index contributed by atoms with van der Waals surface area (Å²) in [6.45, 7) is 4.85. The van der Waals surface area contributed by atoms with Crippen LogP contribution in [0.2, 0.25) is 0 Å². The van der Waals surface area contributed by atoms with E-state index in [2.05, 4.69) is 5.32 Å². The number of carbonyl (C=O) groups is 2. The molecule has 2 rings (SSSR count). The van der Waals surface area contributed by atoms with Gasteiger partial charge in [0, 0.05) is 33.2 Å². The summed E-state index contributed by atoms with van der Waals surface area (Å²) in [5.74, 6) is 0.532. The summed E-state index contributed by atoms with van der Waals surface area (Å²) in [7, 11) is 1.56. The molecule has 146 valence electrons. The zero-order valence-corrected chi connectivity index (χ0v) is 15.9. The maximum Gasteiger partial charge on any atom is 0.257 e. The topological polar surface area (TPSA) is 71.8 Å². The van der Waals surface area contributed by atoms with Gasteiger partial charge in [0.05, 0.1) is 12.2 Å². The molecule has 1 aromatic carbocycles. The van der Waals surface area contributed by atoms with E-state index in [0.29, 0.717) is 36.8 Å². The van der Waals surface area contributed by atoms with Crippen LogP contribution < -0.4 is 5.32 Å². The predicted octanol–water partition coefficient (Wildman–Crippen LogP) is 2.83. The average molecular weight is 376 g/mol. The number of halogens is 1. The normalized spacial score (nSPS) is 10.7. The van der Waals surface area contributed by atoms with Gasteiger partial charge in [-0.3, -0.25) is 9.59 Å². The molecule has 1 N–H and O–H groups in total. The fourth-order valence-corrected chi connectivity index (χ4v) is 2.66. The summed E-state index contributed by atoms with van der Waals surface area (Å²) in [6.07, 6.45) is 0.159. The summed E-state index contributed by atoms with van der Waals surface area (Å²) in [4.78, 5) is 26.5. The van der Waals surface area contributed by atoms with Crippen molar-refractivity contribution in [3.05, 3.63) is 58.8 Å². The van der Waals surface area contributed by atoms with E-state index in [9.17, 15) is 14.0 Å². The Morgan fingerprint density at radius 1 is 1.19 bits per heavy atom. The van der Waals surface area contributed by atoms with Crippen LogP contribution >= 0.6 is 0 Å². The SMILES string of the molecule is COCCN(CCC(=O)NCc1ccc(F)cc1)C(=O)c1cc(C)oc1C. The Kier molecular flexibility index (Phi) is 7.55. The minimum atomic E-state index is -0.317. The molecule has 2 aromatic rings. The number of benzene rings is 1. The second-order valence-electron chi connectivity index (χ2n) is 6.27. The van der Waals surface area contributed by atoms with E-state index in [4.69, 9.17) is 9.15 Å². The average Bonchev–Trinajstić information content (AvgIpc) is 2.99. The number of hydrogen-bond donors (Lipinski definition) is 1. The number of ether oxygens (including phenoxy) is 1. The van der Waals surface area contributed by atoms with E-state index >= 15 is 0 Å². The van der Waals surface area contributed by atoms with E-state index in [1.54, 1.807) is 44.1 Å². The molecule has 2 amide bonds. The van der Waals surface area contributed by atoms with Gasteiger partial charge in [-0.1, -0.05) is 12.1 Å². The van der Waals surface area contributed by atoms with Gasteiger partial charge in [-0.15, -0.1) is 0 Å². The number of amides is 2. The highest BCUT2D eigenvalue weighted by Gasteiger charge is 2.21. The van der Waals surface area contributed by atoms with Gasteiger partial charge in [0.25, 0.3) is 5.91 Å². The smallest absolute Gasteiger partial charge is 0.257 e. The summed E-state index contributed by atoms with van der Waals surface area (Å²) < 4.78 is 23.4. The van der Waals surface area contributed by atoms with Crippen molar-refractivity contribution >= 4 is 11.8 Å². The number of hydrogen-bond acceptors (Lipinski definition) is 4. The molecule has 0 fully saturated rings. The highest BCUT2D eigenvalue weighted by Crippen LogP contribution is 2.16. The van der Waals surface area contributed by atoms with Gasteiger partial charge in [0.2, 0.25) is 5.91 Å². The largest absolute Gasteiger partial charge is 0.466 e. The fourth-order valence-electron chi connectivity index (χ4n) is 2.66. The molecule has 6 nitrogen and oxygen atoms in total. The van der Waals surface area contributed by atoms with Crippen molar-refractivity contribution in [1.29, 1.82) is 0 Å². The van der Waals surface area contributed by atoms with Gasteiger partial charge in [-0.25, -0.2) is 4.39 Å². The van der Waals surface area contributed by atoms with Gasteiger partial charge in [-0.2, -0.15) is 0 Å². The summed E-state index contributed by atoms with van der Waals surface area (Å²) in [6, 6.07) is 7.64. The molecule has 1 heterocycles. The van der Waals surface area contributed by atoms with Gasteiger partial charge in [0.15, 0.2) is 0 Å². The van der Waals surface area contributed by atoms with Crippen molar-refractivity contribution in [2.75, 3.05) is 26.8 Å². The minimum Gasteiger partial charge on any atom is -0.466 e. The molecule has 0 atom stereocenters. The quantitative estimate of drug-likeness (QED) is 0.731. The molecule has 0 unspecified atom stereocenters. The maximum absolute atomic E-state index is 12.9. The first-order valence-electron chi connectivity index (χ1n) is 8.77. The lowest BCUT2D eigenvalue weighted by molar-refractivity contribution is -0.121. The Balaban J connectivity index is 1.91. The third-order valence-electron chi connectivity index (χ3n) is 4.14. The molecular weight excluding hydrogens is 351 g/mol. The van der Waals surface area contributed by atoms with Crippen molar-refractivity contribution in [3.63, 3.8) is 0 Å². The van der Waals surface area contributed by atoms with E-state index < -0.39 is 0 Å². The number of carbonyl (C=O) groups excluding carboxylic acids is 2. The van der Waals surface area contributed by atoms with Crippen LogP contribution in [-0.4, -0.2) is 43.5 Å². The molecule has 0 aliphatic rings. The third-order valence-corrected chi connectivity index (χ3v) is 4.14. The van der Waals surface area contributed by atoms with E-state index in [1.165, 1.54) is 12.1 Å². The first kappa shape index (κ1) is 20.6. The summed E-state index contributed by atoms with van der Waals surface area (Å²) in [5, 5.41) is 2.77. The number of nitrogens with one attached hydrogen (secondary N) is 1. The number of rotatable bonds is 9. The lowest BCUT2D eigenvalue weighted by atomic mass is 10.2. The highest BCUT2D eigenvalue weighted by atomic mass is 19.1. The van der Waals surface area contributed by atoms with E-state index in [-0.39, 0.29) is 30.6 Å². The fraction of sp³-hybridized carbons (Fsp3) is 0.400. The molecular formula is C20H25FN2O4. The monoisotopic (exact) mass is 376 g/mol. The Bertz CT molecular complexity index is 771. The Morgan fingerprint density at radius 3 is 2.48 bits per heavy atom. The minimum absolute atomic E-state index is 0.159. The number of methoxy groups -OCH3 is 1. The van der Waals surface area contributed by atoms with Crippen LogP contribution in [0.15, 0.2) is 34.7 Å². The molecule has 0 spiro atoms. The van der Waals surface area contributed by atoms with Crippen molar-refractivity contribution in [1.82, 2.24) is 10.2 Å². The van der Waals surface area contributed by atoms with E-state index in [0.717, 1.165) is 5.56 Å². The Hall–Kier alpha value is -2.67. The van der Waals surface area contributed by atoms with Gasteiger partial charge in [-0.05, 0) is 37.6 Å². The van der Waals surface area contributed by atoms with Crippen molar-refractivity contribution in [2.45, 2.75) is 26.8 Å². The van der Waals surface area contributed by atoms with Crippen LogP contribution in [0.5, 0.6) is 0 Å². The molecule has 0 radical (unpaired) electrons. The first-order valence-corrected chi connectivity index (χ1v) is 8.77. The van der Waals surface area contributed by atoms with Gasteiger partial charge < -0.3 is 19.4 Å².